The summed E-state index contributed by atoms with van der Waals surface area (Å²) in [5, 5.41) is 2.75. The van der Waals surface area contributed by atoms with Gasteiger partial charge >= 0.3 is 0 Å². The number of hydroxylamine groups is 1. The molecule has 11 heteroatoms. The minimum atomic E-state index is -1.95. The van der Waals surface area contributed by atoms with Gasteiger partial charge in [-0.2, -0.15) is 0 Å². The highest BCUT2D eigenvalue weighted by Crippen LogP contribution is 2.36. The van der Waals surface area contributed by atoms with Gasteiger partial charge in [0.1, 0.15) is 11.3 Å². The zero-order valence-corrected chi connectivity index (χ0v) is 22.6. The number of halogens is 3. The van der Waals surface area contributed by atoms with Crippen LogP contribution in [0.2, 0.25) is 18.1 Å². The molecular weight excluding hydrogens is 526 g/mol. The first-order valence-corrected chi connectivity index (χ1v) is 14.4. The summed E-state index contributed by atoms with van der Waals surface area (Å²) < 4.78 is 37.9. The topological polar surface area (TPSA) is 77.4 Å². The molecule has 1 aromatic heterocycles. The summed E-state index contributed by atoms with van der Waals surface area (Å²) in [7, 11) is -0.258. The van der Waals surface area contributed by atoms with E-state index < -0.39 is 25.9 Å². The number of aryl methyl sites for hydroxylation is 1. The van der Waals surface area contributed by atoms with Crippen LogP contribution in [-0.4, -0.2) is 37.0 Å². The van der Waals surface area contributed by atoms with Gasteiger partial charge < -0.3 is 14.3 Å². The number of hydrogen-bond donors (Lipinski definition) is 2. The molecule has 1 amide bonds. The maximum atomic E-state index is 15.4. The number of amides is 1. The van der Waals surface area contributed by atoms with Gasteiger partial charge in [-0.15, -0.1) is 0 Å². The van der Waals surface area contributed by atoms with E-state index in [2.05, 4.69) is 65.6 Å². The SMILES string of the molecule is Cn1cnc2c(F)c(Nc3ccc(Br)cc3F)c(C(=O)NOCCO[Si](C)(C)C(C)(C)C)cc21. The van der Waals surface area contributed by atoms with Crippen LogP contribution >= 0.6 is 15.9 Å². The first kappa shape index (κ1) is 26.3. The Morgan fingerprint density at radius 2 is 1.91 bits per heavy atom. The monoisotopic (exact) mass is 554 g/mol. The third-order valence-corrected chi connectivity index (χ3v) is 11.0. The molecule has 0 fully saturated rings. The van der Waals surface area contributed by atoms with Crippen molar-refractivity contribution in [2.75, 3.05) is 18.5 Å². The van der Waals surface area contributed by atoms with Crippen molar-refractivity contribution < 1.29 is 22.8 Å². The molecule has 0 aliphatic rings. The Kier molecular flexibility index (Phi) is 7.81. The van der Waals surface area contributed by atoms with Gasteiger partial charge in [0, 0.05) is 11.5 Å². The summed E-state index contributed by atoms with van der Waals surface area (Å²) in [6.07, 6.45) is 1.44. The highest BCUT2D eigenvalue weighted by atomic mass is 79.9. The van der Waals surface area contributed by atoms with Crippen LogP contribution in [0.5, 0.6) is 0 Å². The number of aromatic nitrogens is 2. The second kappa shape index (κ2) is 10.1. The highest BCUT2D eigenvalue weighted by molar-refractivity contribution is 9.10. The maximum absolute atomic E-state index is 15.4. The Morgan fingerprint density at radius 1 is 1.21 bits per heavy atom. The molecular formula is C23H29BrF2N4O3Si. The first-order valence-electron chi connectivity index (χ1n) is 10.7. The maximum Gasteiger partial charge on any atom is 0.277 e. The number of nitrogens with zero attached hydrogens (tertiary/aromatic N) is 2. The highest BCUT2D eigenvalue weighted by Gasteiger charge is 2.36. The lowest BCUT2D eigenvalue weighted by atomic mass is 10.1. The van der Waals surface area contributed by atoms with Crippen molar-refractivity contribution in [2.45, 2.75) is 38.9 Å². The van der Waals surface area contributed by atoms with Crippen LogP contribution in [0.4, 0.5) is 20.2 Å². The van der Waals surface area contributed by atoms with Crippen molar-refractivity contribution in [2.24, 2.45) is 7.05 Å². The van der Waals surface area contributed by atoms with E-state index in [-0.39, 0.29) is 34.1 Å². The van der Waals surface area contributed by atoms with E-state index in [1.54, 1.807) is 17.7 Å². The quantitative estimate of drug-likeness (QED) is 0.201. The summed E-state index contributed by atoms with van der Waals surface area (Å²) in [5.41, 5.74) is 2.55. The number of imidazole rings is 1. The van der Waals surface area contributed by atoms with Gasteiger partial charge in [0.25, 0.3) is 5.91 Å². The normalized spacial score (nSPS) is 12.3. The fourth-order valence-corrected chi connectivity index (χ4v) is 4.34. The largest absolute Gasteiger partial charge is 0.414 e. The molecule has 0 saturated heterocycles. The van der Waals surface area contributed by atoms with E-state index in [1.807, 2.05) is 0 Å². The van der Waals surface area contributed by atoms with Gasteiger partial charge in [-0.3, -0.25) is 9.63 Å². The lowest BCUT2D eigenvalue weighted by Gasteiger charge is -2.36. The Bertz CT molecular complexity index is 1210. The summed E-state index contributed by atoms with van der Waals surface area (Å²) in [5.74, 6) is -2.07. The van der Waals surface area contributed by atoms with Crippen LogP contribution in [-0.2, 0) is 16.3 Å². The number of carbonyl (C=O) groups excluding carboxylic acids is 1. The molecule has 0 aliphatic heterocycles. The molecule has 7 nitrogen and oxygen atoms in total. The van der Waals surface area contributed by atoms with E-state index >= 15 is 4.39 Å². The van der Waals surface area contributed by atoms with Gasteiger partial charge in [-0.25, -0.2) is 19.2 Å². The van der Waals surface area contributed by atoms with E-state index in [0.29, 0.717) is 16.6 Å². The Hall–Kier alpha value is -2.34. The number of anilines is 2. The molecule has 2 N–H and O–H groups in total. The van der Waals surface area contributed by atoms with E-state index in [4.69, 9.17) is 9.26 Å². The number of fused-ring (bicyclic) bond motifs is 1. The van der Waals surface area contributed by atoms with Gasteiger partial charge in [0.15, 0.2) is 14.1 Å². The van der Waals surface area contributed by atoms with E-state index in [9.17, 15) is 9.18 Å². The number of nitrogens with one attached hydrogen (secondary N) is 2. The lowest BCUT2D eigenvalue weighted by Crippen LogP contribution is -2.41. The molecule has 0 spiro atoms. The van der Waals surface area contributed by atoms with Crippen LogP contribution in [0, 0.1) is 11.6 Å². The first-order chi connectivity index (χ1) is 15.8. The van der Waals surface area contributed by atoms with Crippen molar-refractivity contribution in [1.29, 1.82) is 0 Å². The Labute approximate surface area is 207 Å². The number of hydrogen-bond acceptors (Lipinski definition) is 5. The third kappa shape index (κ3) is 5.65. The standard InChI is InChI=1S/C23H29BrF2N4O3Si/c1-23(2,3)34(5,6)33-10-9-32-29-22(31)15-12-18-21(27-13-30(18)4)19(26)20(15)28-17-8-7-14(24)11-16(17)25/h7-8,11-13,28H,9-10H2,1-6H3,(H,29,31). The Morgan fingerprint density at radius 3 is 2.56 bits per heavy atom. The number of rotatable bonds is 8. The molecule has 3 rings (SSSR count). The zero-order valence-electron chi connectivity index (χ0n) is 20.1. The molecule has 2 aromatic carbocycles. The fourth-order valence-electron chi connectivity index (χ4n) is 2.98. The molecule has 0 saturated carbocycles. The molecule has 184 valence electrons. The van der Waals surface area contributed by atoms with E-state index in [0.717, 1.165) is 0 Å². The minimum Gasteiger partial charge on any atom is -0.414 e. The predicted molar refractivity (Wildman–Crippen MR) is 135 cm³/mol. The second-order valence-electron chi connectivity index (χ2n) is 9.47. The lowest BCUT2D eigenvalue weighted by molar-refractivity contribution is 0.0184. The molecule has 34 heavy (non-hydrogen) atoms. The van der Waals surface area contributed by atoms with Crippen LogP contribution in [0.3, 0.4) is 0 Å². The van der Waals surface area contributed by atoms with Crippen molar-refractivity contribution >= 4 is 52.6 Å². The third-order valence-electron chi connectivity index (χ3n) is 6.02. The summed E-state index contributed by atoms with van der Waals surface area (Å²) >= 11 is 3.19. The van der Waals surface area contributed by atoms with E-state index in [1.165, 1.54) is 24.5 Å². The zero-order chi connectivity index (χ0) is 25.3. The molecule has 0 bridgehead atoms. The fraction of sp³-hybridized carbons (Fsp3) is 0.391. The predicted octanol–water partition coefficient (Wildman–Crippen LogP) is 6.04. The van der Waals surface area contributed by atoms with Gasteiger partial charge in [0.05, 0.1) is 42.0 Å². The molecule has 0 radical (unpaired) electrons. The van der Waals surface area contributed by atoms with Crippen LogP contribution in [0.1, 0.15) is 31.1 Å². The van der Waals surface area contributed by atoms with Crippen LogP contribution in [0.25, 0.3) is 11.0 Å². The summed E-state index contributed by atoms with van der Waals surface area (Å²) in [6, 6.07) is 5.77. The van der Waals surface area contributed by atoms with Gasteiger partial charge in [-0.1, -0.05) is 36.7 Å². The average molecular weight is 555 g/mol. The van der Waals surface area contributed by atoms with Crippen LogP contribution < -0.4 is 10.8 Å². The average Bonchev–Trinajstić information content (AvgIpc) is 3.11. The minimum absolute atomic E-state index is 0.00937. The molecule has 3 aromatic rings. The van der Waals surface area contributed by atoms with Crippen LogP contribution in [0.15, 0.2) is 35.1 Å². The summed E-state index contributed by atoms with van der Waals surface area (Å²) in [6.45, 7) is 11.1. The van der Waals surface area contributed by atoms with Crippen molar-refractivity contribution in [3.8, 4) is 0 Å². The molecule has 1 heterocycles. The molecule has 0 aliphatic carbocycles. The van der Waals surface area contributed by atoms with Crippen molar-refractivity contribution in [3.63, 3.8) is 0 Å². The second-order valence-corrected chi connectivity index (χ2v) is 15.2. The van der Waals surface area contributed by atoms with Crippen molar-refractivity contribution in [1.82, 2.24) is 15.0 Å². The smallest absolute Gasteiger partial charge is 0.277 e. The van der Waals surface area contributed by atoms with Gasteiger partial charge in [-0.05, 0) is 42.4 Å². The van der Waals surface area contributed by atoms with Crippen molar-refractivity contribution in [3.05, 3.63) is 52.3 Å². The number of benzene rings is 2. The molecule has 0 unspecified atom stereocenters. The summed E-state index contributed by atoms with van der Waals surface area (Å²) in [4.78, 5) is 22.3. The van der Waals surface area contributed by atoms with Gasteiger partial charge in [0.2, 0.25) is 0 Å². The Balaban J connectivity index is 1.80. The molecule has 0 atom stereocenters. The number of carbonyl (C=O) groups is 1.